The van der Waals surface area contributed by atoms with Crippen LogP contribution in [0.1, 0.15) is 147 Å². The average Bonchev–Trinajstić information content (AvgIpc) is 3.01. The highest BCUT2D eigenvalue weighted by Crippen LogP contribution is 2.41. The van der Waals surface area contributed by atoms with Crippen LogP contribution in [0, 0.1) is 23.7 Å². The van der Waals surface area contributed by atoms with Crippen LogP contribution in [0.25, 0.3) is 11.1 Å². The van der Waals surface area contributed by atoms with E-state index in [2.05, 4.69) is 71.9 Å². The minimum atomic E-state index is 0.641. The molecule has 2 aromatic carbocycles. The Kier molecular flexibility index (Phi) is 12.1. The van der Waals surface area contributed by atoms with Gasteiger partial charge in [0.25, 0.3) is 0 Å². The molecule has 2 fully saturated rings. The van der Waals surface area contributed by atoms with Crippen molar-refractivity contribution in [2.75, 3.05) is 6.61 Å². The van der Waals surface area contributed by atoms with Crippen molar-refractivity contribution in [3.05, 3.63) is 52.6 Å². The Morgan fingerprint density at radius 2 is 1.27 bits per heavy atom. The Morgan fingerprint density at radius 3 is 1.80 bits per heavy atom. The van der Waals surface area contributed by atoms with Gasteiger partial charge in [0.1, 0.15) is 5.75 Å². The summed E-state index contributed by atoms with van der Waals surface area (Å²) in [7, 11) is 0. The van der Waals surface area contributed by atoms with Crippen LogP contribution in [0.2, 0.25) is 0 Å². The van der Waals surface area contributed by atoms with Gasteiger partial charge in [-0.1, -0.05) is 117 Å². The van der Waals surface area contributed by atoms with Crippen molar-refractivity contribution in [1.29, 1.82) is 0 Å². The molecule has 0 amide bonds. The van der Waals surface area contributed by atoms with E-state index in [1.165, 1.54) is 111 Å². The van der Waals surface area contributed by atoms with Gasteiger partial charge >= 0.3 is 0 Å². The number of aryl methyl sites for hydroxylation is 1. The van der Waals surface area contributed by atoms with Gasteiger partial charge in [-0.3, -0.25) is 0 Å². The van der Waals surface area contributed by atoms with Gasteiger partial charge < -0.3 is 4.74 Å². The van der Waals surface area contributed by atoms with Gasteiger partial charge in [0.15, 0.2) is 0 Å². The standard InChI is InChI=1S/C39H60O/c1-7-29(8-2)27-40-39-32(9-3)26-38(36(10-4)37(39)11-5)35-24-22-34(23-25-35)33-20-18-31(19-21-33)17-16-30-14-12-28(6)13-15-30/h22-26,28-31,33H,7-21,27H2,1-6H3. The van der Waals surface area contributed by atoms with Gasteiger partial charge in [0.2, 0.25) is 0 Å². The lowest BCUT2D eigenvalue weighted by atomic mass is 9.74. The second kappa shape index (κ2) is 15.5. The molecule has 0 aliphatic heterocycles. The summed E-state index contributed by atoms with van der Waals surface area (Å²) in [6.45, 7) is 14.8. The summed E-state index contributed by atoms with van der Waals surface area (Å²) in [5, 5.41) is 0. The summed E-state index contributed by atoms with van der Waals surface area (Å²) in [5.74, 6) is 5.57. The van der Waals surface area contributed by atoms with Gasteiger partial charge in [-0.25, -0.2) is 0 Å². The van der Waals surface area contributed by atoms with Gasteiger partial charge in [-0.2, -0.15) is 0 Å². The Morgan fingerprint density at radius 1 is 0.700 bits per heavy atom. The van der Waals surface area contributed by atoms with Crippen molar-refractivity contribution < 1.29 is 4.74 Å². The van der Waals surface area contributed by atoms with E-state index in [9.17, 15) is 0 Å². The van der Waals surface area contributed by atoms with E-state index in [-0.39, 0.29) is 0 Å². The zero-order valence-electron chi connectivity index (χ0n) is 27.0. The maximum Gasteiger partial charge on any atom is 0.125 e. The molecule has 0 unspecified atom stereocenters. The zero-order valence-corrected chi connectivity index (χ0v) is 27.0. The summed E-state index contributed by atoms with van der Waals surface area (Å²) in [5.41, 5.74) is 8.68. The Balaban J connectivity index is 1.42. The molecule has 0 atom stereocenters. The van der Waals surface area contributed by atoms with E-state index in [4.69, 9.17) is 4.74 Å². The first kappa shape index (κ1) is 31.2. The SMILES string of the molecule is CCc1cc(-c2ccc(C3CCC(CCC4CCC(C)CC4)CC3)cc2)c(CC)c(CC)c1OCC(CC)CC. The molecule has 0 N–H and O–H groups in total. The fourth-order valence-corrected chi connectivity index (χ4v) is 7.83. The van der Waals surface area contributed by atoms with Crippen LogP contribution in [-0.4, -0.2) is 6.61 Å². The maximum absolute atomic E-state index is 6.59. The largest absolute Gasteiger partial charge is 0.493 e. The van der Waals surface area contributed by atoms with Gasteiger partial charge in [-0.15, -0.1) is 0 Å². The molecule has 0 bridgehead atoms. The first-order valence-electron chi connectivity index (χ1n) is 17.4. The third kappa shape index (κ3) is 7.74. The molecule has 0 heterocycles. The number of ether oxygens (including phenoxy) is 1. The molecule has 0 spiro atoms. The van der Waals surface area contributed by atoms with E-state index in [1.54, 1.807) is 5.56 Å². The number of hydrogen-bond donors (Lipinski definition) is 0. The van der Waals surface area contributed by atoms with Gasteiger partial charge in [0, 0.05) is 0 Å². The summed E-state index contributed by atoms with van der Waals surface area (Å²) < 4.78 is 6.59. The lowest BCUT2D eigenvalue weighted by Crippen LogP contribution is -2.17. The van der Waals surface area contributed by atoms with Crippen LogP contribution in [-0.2, 0) is 19.3 Å². The van der Waals surface area contributed by atoms with E-state index < -0.39 is 0 Å². The summed E-state index contributed by atoms with van der Waals surface area (Å²) in [6, 6.07) is 12.2. The summed E-state index contributed by atoms with van der Waals surface area (Å²) >= 11 is 0. The van der Waals surface area contributed by atoms with Crippen molar-refractivity contribution in [3.63, 3.8) is 0 Å². The van der Waals surface area contributed by atoms with Crippen LogP contribution in [0.4, 0.5) is 0 Å². The van der Waals surface area contributed by atoms with Crippen molar-refractivity contribution >= 4 is 0 Å². The number of hydrogen-bond acceptors (Lipinski definition) is 1. The third-order valence-corrected chi connectivity index (χ3v) is 10.9. The molecule has 0 aromatic heterocycles. The molecule has 2 aliphatic carbocycles. The smallest absolute Gasteiger partial charge is 0.125 e. The van der Waals surface area contributed by atoms with Crippen LogP contribution in [0.5, 0.6) is 5.75 Å². The Bertz CT molecular complexity index is 1010. The molecule has 2 saturated carbocycles. The molecule has 0 radical (unpaired) electrons. The first-order valence-corrected chi connectivity index (χ1v) is 17.4. The van der Waals surface area contributed by atoms with Gasteiger partial charge in [-0.05, 0) is 114 Å². The van der Waals surface area contributed by atoms with Crippen molar-refractivity contribution in [2.45, 2.75) is 144 Å². The zero-order chi connectivity index (χ0) is 28.5. The van der Waals surface area contributed by atoms with Crippen LogP contribution in [0.3, 0.4) is 0 Å². The number of benzene rings is 2. The van der Waals surface area contributed by atoms with E-state index in [1.807, 2.05) is 0 Å². The minimum Gasteiger partial charge on any atom is -0.493 e. The maximum atomic E-state index is 6.59. The minimum absolute atomic E-state index is 0.641. The lowest BCUT2D eigenvalue weighted by molar-refractivity contribution is 0.236. The molecule has 4 rings (SSSR count). The summed E-state index contributed by atoms with van der Waals surface area (Å²) in [4.78, 5) is 0. The van der Waals surface area contributed by atoms with Crippen molar-refractivity contribution in [1.82, 2.24) is 0 Å². The van der Waals surface area contributed by atoms with E-state index >= 15 is 0 Å². The fourth-order valence-electron chi connectivity index (χ4n) is 7.83. The quantitative estimate of drug-likeness (QED) is 0.244. The first-order chi connectivity index (χ1) is 19.5. The monoisotopic (exact) mass is 544 g/mol. The van der Waals surface area contributed by atoms with Crippen LogP contribution < -0.4 is 4.74 Å². The predicted octanol–water partition coefficient (Wildman–Crippen LogP) is 11.7. The topological polar surface area (TPSA) is 9.23 Å². The molecule has 1 heteroatoms. The molecule has 1 nitrogen and oxygen atoms in total. The highest BCUT2D eigenvalue weighted by molar-refractivity contribution is 5.73. The summed E-state index contributed by atoms with van der Waals surface area (Å²) in [6.07, 6.45) is 20.0. The lowest BCUT2D eigenvalue weighted by Gasteiger charge is -2.31. The van der Waals surface area contributed by atoms with E-state index in [0.29, 0.717) is 5.92 Å². The molecule has 40 heavy (non-hydrogen) atoms. The third-order valence-electron chi connectivity index (χ3n) is 10.9. The molecule has 2 aromatic rings. The molecule has 2 aliphatic rings. The Hall–Kier alpha value is -1.76. The van der Waals surface area contributed by atoms with Crippen LogP contribution >= 0.6 is 0 Å². The van der Waals surface area contributed by atoms with Crippen molar-refractivity contribution in [3.8, 4) is 16.9 Å². The highest BCUT2D eigenvalue weighted by Gasteiger charge is 2.25. The predicted molar refractivity (Wildman–Crippen MR) is 175 cm³/mol. The normalized spacial score (nSPS) is 23.5. The fraction of sp³-hybridized carbons (Fsp3) is 0.692. The number of rotatable bonds is 13. The highest BCUT2D eigenvalue weighted by atomic mass is 16.5. The molecule has 222 valence electrons. The van der Waals surface area contributed by atoms with Gasteiger partial charge in [0.05, 0.1) is 6.61 Å². The Labute approximate surface area is 247 Å². The van der Waals surface area contributed by atoms with E-state index in [0.717, 1.165) is 49.5 Å². The van der Waals surface area contributed by atoms with Crippen molar-refractivity contribution in [2.24, 2.45) is 23.7 Å². The molecular formula is C39H60O. The molecular weight excluding hydrogens is 484 g/mol. The second-order valence-corrected chi connectivity index (χ2v) is 13.5. The second-order valence-electron chi connectivity index (χ2n) is 13.5. The average molecular weight is 545 g/mol. The molecule has 0 saturated heterocycles. The van der Waals surface area contributed by atoms with Crippen LogP contribution in [0.15, 0.2) is 30.3 Å².